The second kappa shape index (κ2) is 5.63. The Balaban J connectivity index is 1.99. The Morgan fingerprint density at radius 1 is 1.50 bits per heavy atom. The van der Waals surface area contributed by atoms with Crippen molar-refractivity contribution in [3.8, 4) is 0 Å². The van der Waals surface area contributed by atoms with E-state index in [1.54, 1.807) is 11.8 Å². The molecular formula is C12H16ClN3O2. The molecule has 1 saturated heterocycles. The second-order valence-electron chi connectivity index (χ2n) is 4.60. The number of hydrogen-bond donors (Lipinski definition) is 1. The number of piperidine rings is 1. The second-order valence-corrected chi connectivity index (χ2v) is 4.98. The van der Waals surface area contributed by atoms with Crippen molar-refractivity contribution in [2.75, 3.05) is 13.1 Å². The largest absolute Gasteiger partial charge is 0.393 e. The highest BCUT2D eigenvalue weighted by Gasteiger charge is 2.26. The minimum atomic E-state index is -0.312. The molecule has 1 aliphatic rings. The van der Waals surface area contributed by atoms with Gasteiger partial charge in [0.2, 0.25) is 0 Å². The van der Waals surface area contributed by atoms with E-state index >= 15 is 0 Å². The molecule has 0 spiro atoms. The van der Waals surface area contributed by atoms with Crippen molar-refractivity contribution >= 4 is 17.5 Å². The first-order valence-electron chi connectivity index (χ1n) is 6.03. The van der Waals surface area contributed by atoms with Crippen LogP contribution in [0, 0.1) is 5.92 Å². The molecule has 0 bridgehead atoms. The highest BCUT2D eigenvalue weighted by Crippen LogP contribution is 2.21. The summed E-state index contributed by atoms with van der Waals surface area (Å²) >= 11 is 5.72. The van der Waals surface area contributed by atoms with Crippen LogP contribution in [0.2, 0.25) is 5.15 Å². The number of rotatable bonds is 2. The number of hydrogen-bond acceptors (Lipinski definition) is 4. The summed E-state index contributed by atoms with van der Waals surface area (Å²) in [6.45, 7) is 3.08. The van der Waals surface area contributed by atoms with Crippen LogP contribution in [0.15, 0.2) is 12.4 Å². The fraction of sp³-hybridized carbons (Fsp3) is 0.583. The molecule has 5 nitrogen and oxygen atoms in total. The molecule has 1 unspecified atom stereocenters. The first kappa shape index (κ1) is 13.2. The summed E-state index contributed by atoms with van der Waals surface area (Å²) in [6.07, 6.45) is 4.15. The van der Waals surface area contributed by atoms with Crippen LogP contribution in [-0.2, 0) is 0 Å². The lowest BCUT2D eigenvalue weighted by atomic mass is 9.92. The Morgan fingerprint density at radius 3 is 2.72 bits per heavy atom. The van der Waals surface area contributed by atoms with Gasteiger partial charge in [-0.15, -0.1) is 0 Å². The summed E-state index contributed by atoms with van der Waals surface area (Å²) in [5.74, 6) is 0.133. The van der Waals surface area contributed by atoms with E-state index in [9.17, 15) is 9.90 Å². The van der Waals surface area contributed by atoms with Crippen LogP contribution in [0.4, 0.5) is 0 Å². The maximum absolute atomic E-state index is 12.1. The number of aliphatic hydroxyl groups is 1. The summed E-state index contributed by atoms with van der Waals surface area (Å²) in [4.78, 5) is 21.7. The lowest BCUT2D eigenvalue weighted by Gasteiger charge is -2.33. The predicted octanol–water partition coefficient (Wildman–Crippen LogP) is 1.36. The monoisotopic (exact) mass is 269 g/mol. The zero-order valence-corrected chi connectivity index (χ0v) is 11.0. The van der Waals surface area contributed by atoms with E-state index in [2.05, 4.69) is 9.97 Å². The molecule has 1 amide bonds. The topological polar surface area (TPSA) is 66.3 Å². The molecule has 1 fully saturated rings. The van der Waals surface area contributed by atoms with E-state index in [0.29, 0.717) is 13.1 Å². The molecular weight excluding hydrogens is 254 g/mol. The number of aromatic nitrogens is 2. The van der Waals surface area contributed by atoms with E-state index in [0.717, 1.165) is 12.8 Å². The molecule has 1 aromatic rings. The number of carbonyl (C=O) groups excluding carboxylic acids is 1. The molecule has 0 saturated carbocycles. The van der Waals surface area contributed by atoms with Crippen LogP contribution in [0.3, 0.4) is 0 Å². The average Bonchev–Trinajstić information content (AvgIpc) is 2.38. The van der Waals surface area contributed by atoms with Crippen molar-refractivity contribution in [1.82, 2.24) is 14.9 Å². The lowest BCUT2D eigenvalue weighted by Crippen LogP contribution is -2.41. The fourth-order valence-electron chi connectivity index (χ4n) is 2.19. The predicted molar refractivity (Wildman–Crippen MR) is 67.4 cm³/mol. The maximum atomic E-state index is 12.1. The van der Waals surface area contributed by atoms with E-state index in [1.807, 2.05) is 0 Å². The van der Waals surface area contributed by atoms with Crippen molar-refractivity contribution in [2.45, 2.75) is 25.9 Å². The number of aliphatic hydroxyl groups excluding tert-OH is 1. The molecule has 2 heterocycles. The Morgan fingerprint density at radius 2 is 2.17 bits per heavy atom. The number of amides is 1. The van der Waals surface area contributed by atoms with Crippen LogP contribution in [-0.4, -0.2) is 45.1 Å². The summed E-state index contributed by atoms with van der Waals surface area (Å²) in [7, 11) is 0. The zero-order chi connectivity index (χ0) is 13.1. The van der Waals surface area contributed by atoms with Gasteiger partial charge >= 0.3 is 0 Å². The molecule has 1 aromatic heterocycles. The highest BCUT2D eigenvalue weighted by atomic mass is 35.5. The van der Waals surface area contributed by atoms with Gasteiger partial charge < -0.3 is 10.0 Å². The number of nitrogens with zero attached hydrogens (tertiary/aromatic N) is 3. The molecule has 0 aromatic carbocycles. The third-order valence-electron chi connectivity index (χ3n) is 3.33. The van der Waals surface area contributed by atoms with E-state index in [4.69, 9.17) is 11.6 Å². The lowest BCUT2D eigenvalue weighted by molar-refractivity contribution is 0.0516. The van der Waals surface area contributed by atoms with Gasteiger partial charge in [-0.2, -0.15) is 0 Å². The zero-order valence-electron chi connectivity index (χ0n) is 10.2. The number of likely N-dealkylation sites (tertiary alicyclic amines) is 1. The minimum absolute atomic E-state index is 0.144. The van der Waals surface area contributed by atoms with E-state index in [1.165, 1.54) is 12.4 Å². The first-order chi connectivity index (χ1) is 8.58. The molecule has 0 radical (unpaired) electrons. The van der Waals surface area contributed by atoms with Crippen molar-refractivity contribution in [3.63, 3.8) is 0 Å². The van der Waals surface area contributed by atoms with Gasteiger partial charge in [-0.25, -0.2) is 4.98 Å². The third-order valence-corrected chi connectivity index (χ3v) is 3.52. The summed E-state index contributed by atoms with van der Waals surface area (Å²) in [5.41, 5.74) is 0.276. The molecule has 1 aliphatic heterocycles. The van der Waals surface area contributed by atoms with Crippen LogP contribution < -0.4 is 0 Å². The third kappa shape index (κ3) is 2.97. The van der Waals surface area contributed by atoms with Crippen LogP contribution in [0.25, 0.3) is 0 Å². The van der Waals surface area contributed by atoms with Gasteiger partial charge in [-0.1, -0.05) is 11.6 Å². The van der Waals surface area contributed by atoms with Gasteiger partial charge in [0.15, 0.2) is 0 Å². The smallest absolute Gasteiger partial charge is 0.274 e. The van der Waals surface area contributed by atoms with Gasteiger partial charge in [-0.3, -0.25) is 9.78 Å². The molecule has 0 aliphatic carbocycles. The fourth-order valence-corrected chi connectivity index (χ4v) is 2.34. The highest BCUT2D eigenvalue weighted by molar-refractivity contribution is 6.29. The Labute approximate surface area is 111 Å². The van der Waals surface area contributed by atoms with Crippen LogP contribution in [0.1, 0.15) is 30.3 Å². The molecule has 2 rings (SSSR count). The van der Waals surface area contributed by atoms with Crippen LogP contribution in [0.5, 0.6) is 0 Å². The average molecular weight is 270 g/mol. The molecule has 1 atom stereocenters. The van der Waals surface area contributed by atoms with Crippen LogP contribution >= 0.6 is 11.6 Å². The van der Waals surface area contributed by atoms with Gasteiger partial charge in [0, 0.05) is 13.1 Å². The van der Waals surface area contributed by atoms with Gasteiger partial charge in [-0.05, 0) is 25.7 Å². The quantitative estimate of drug-likeness (QED) is 0.880. The minimum Gasteiger partial charge on any atom is -0.393 e. The van der Waals surface area contributed by atoms with Crippen molar-refractivity contribution < 1.29 is 9.90 Å². The summed E-state index contributed by atoms with van der Waals surface area (Å²) < 4.78 is 0. The van der Waals surface area contributed by atoms with E-state index < -0.39 is 0 Å². The SMILES string of the molecule is CC(O)C1CCN(C(=O)c2cncc(Cl)n2)CC1. The van der Waals surface area contributed by atoms with Crippen molar-refractivity contribution in [1.29, 1.82) is 0 Å². The first-order valence-corrected chi connectivity index (χ1v) is 6.40. The Kier molecular flexibility index (Phi) is 4.14. The number of halogens is 1. The van der Waals surface area contributed by atoms with Crippen molar-refractivity contribution in [3.05, 3.63) is 23.2 Å². The molecule has 1 N–H and O–H groups in total. The van der Waals surface area contributed by atoms with Gasteiger partial charge in [0.05, 0.1) is 18.5 Å². The Hall–Kier alpha value is -1.20. The standard InChI is InChI=1S/C12H16ClN3O2/c1-8(17)9-2-4-16(5-3-9)12(18)10-6-14-7-11(13)15-10/h6-9,17H,2-5H2,1H3. The molecule has 18 heavy (non-hydrogen) atoms. The normalized spacial score (nSPS) is 18.7. The molecule has 98 valence electrons. The van der Waals surface area contributed by atoms with Crippen molar-refractivity contribution in [2.24, 2.45) is 5.92 Å². The van der Waals surface area contributed by atoms with E-state index in [-0.39, 0.29) is 28.8 Å². The van der Waals surface area contributed by atoms with Gasteiger partial charge in [0.1, 0.15) is 10.8 Å². The summed E-state index contributed by atoms with van der Waals surface area (Å²) in [5, 5.41) is 9.73. The maximum Gasteiger partial charge on any atom is 0.274 e. The Bertz CT molecular complexity index is 431. The molecule has 6 heteroatoms. The van der Waals surface area contributed by atoms with Gasteiger partial charge in [0.25, 0.3) is 5.91 Å². The number of carbonyl (C=O) groups is 1. The summed E-state index contributed by atoms with van der Waals surface area (Å²) in [6, 6.07) is 0.